The van der Waals surface area contributed by atoms with Crippen LogP contribution in [0.1, 0.15) is 11.6 Å². The third-order valence-corrected chi connectivity index (χ3v) is 6.09. The molecule has 4 rings (SSSR count). The molecule has 1 aromatic heterocycles. The monoisotopic (exact) mass is 449 g/mol. The molecule has 0 saturated heterocycles. The molecule has 3 aromatic carbocycles. The highest BCUT2D eigenvalue weighted by atomic mass is 32.2. The molecule has 31 heavy (non-hydrogen) atoms. The second-order valence-electron chi connectivity index (χ2n) is 6.76. The van der Waals surface area contributed by atoms with Gasteiger partial charge < -0.3 is 0 Å². The van der Waals surface area contributed by atoms with Crippen LogP contribution in [0, 0.1) is 5.82 Å². The van der Waals surface area contributed by atoms with Gasteiger partial charge in [-0.25, -0.2) is 17.5 Å². The molecule has 160 valence electrons. The van der Waals surface area contributed by atoms with Crippen LogP contribution in [-0.4, -0.2) is 24.4 Å². The van der Waals surface area contributed by atoms with Gasteiger partial charge in [-0.1, -0.05) is 24.3 Å². The molecule has 0 spiro atoms. The zero-order chi connectivity index (χ0) is 22.2. The van der Waals surface area contributed by atoms with E-state index in [4.69, 9.17) is 0 Å². The summed E-state index contributed by atoms with van der Waals surface area (Å²) >= 11 is 0. The molecule has 0 fully saturated rings. The predicted octanol–water partition coefficient (Wildman–Crippen LogP) is 4.75. The third-order valence-electron chi connectivity index (χ3n) is 4.65. The second kappa shape index (κ2) is 7.78. The molecule has 0 aliphatic carbocycles. The zero-order valence-corrected chi connectivity index (χ0v) is 16.5. The first kappa shape index (κ1) is 21.0. The smallest absolute Gasteiger partial charge is 0.233 e. The van der Waals surface area contributed by atoms with Crippen molar-refractivity contribution in [3.63, 3.8) is 0 Å². The summed E-state index contributed by atoms with van der Waals surface area (Å²) in [5.41, 5.74) is 0.738. The Morgan fingerprint density at radius 1 is 0.935 bits per heavy atom. The Morgan fingerprint density at radius 3 is 2.26 bits per heavy atom. The highest BCUT2D eigenvalue weighted by Gasteiger charge is 2.43. The zero-order valence-electron chi connectivity index (χ0n) is 15.7. The van der Waals surface area contributed by atoms with Crippen molar-refractivity contribution in [1.29, 1.82) is 0 Å². The van der Waals surface area contributed by atoms with Crippen molar-refractivity contribution in [2.45, 2.75) is 17.1 Å². The van der Waals surface area contributed by atoms with Gasteiger partial charge >= 0.3 is 6.18 Å². The highest BCUT2D eigenvalue weighted by Crippen LogP contribution is 2.35. The number of fused-ring (bicyclic) bond motifs is 1. The number of nitrogens with one attached hydrogen (secondary N) is 1. The summed E-state index contributed by atoms with van der Waals surface area (Å²) in [6, 6.07) is 13.7. The van der Waals surface area contributed by atoms with Crippen LogP contribution in [0.4, 0.5) is 17.6 Å². The molecule has 0 aliphatic rings. The van der Waals surface area contributed by atoms with Gasteiger partial charge in [-0.3, -0.25) is 0 Å². The minimum absolute atomic E-state index is 0.269. The molecule has 10 heteroatoms. The molecule has 0 aliphatic heterocycles. The molecule has 0 amide bonds. The van der Waals surface area contributed by atoms with Gasteiger partial charge in [-0.15, -0.1) is 0 Å². The number of alkyl halides is 3. The molecule has 5 nitrogen and oxygen atoms in total. The molecule has 1 atom stereocenters. The van der Waals surface area contributed by atoms with E-state index < -0.39 is 28.1 Å². The summed E-state index contributed by atoms with van der Waals surface area (Å²) in [4.78, 5) is -0.269. The van der Waals surface area contributed by atoms with Gasteiger partial charge in [0.1, 0.15) is 11.9 Å². The van der Waals surface area contributed by atoms with E-state index in [-0.39, 0.29) is 10.5 Å². The lowest BCUT2D eigenvalue weighted by atomic mass is 10.1. The van der Waals surface area contributed by atoms with Gasteiger partial charge in [0.05, 0.1) is 22.3 Å². The number of rotatable bonds is 5. The van der Waals surface area contributed by atoms with E-state index in [1.165, 1.54) is 77.6 Å². The van der Waals surface area contributed by atoms with E-state index >= 15 is 0 Å². The lowest BCUT2D eigenvalue weighted by Crippen LogP contribution is -2.38. The average Bonchev–Trinajstić information content (AvgIpc) is 3.16. The van der Waals surface area contributed by atoms with Gasteiger partial charge in [0, 0.05) is 5.39 Å². The van der Waals surface area contributed by atoms with Crippen molar-refractivity contribution in [3.8, 4) is 5.69 Å². The minimum Gasteiger partial charge on any atom is -0.233 e. The Morgan fingerprint density at radius 2 is 1.61 bits per heavy atom. The quantitative estimate of drug-likeness (QED) is 0.448. The van der Waals surface area contributed by atoms with Gasteiger partial charge in [-0.05, 0) is 54.1 Å². The van der Waals surface area contributed by atoms with Crippen LogP contribution >= 0.6 is 0 Å². The number of benzene rings is 3. The number of halogens is 4. The molecule has 1 unspecified atom stereocenters. The maximum absolute atomic E-state index is 13.8. The van der Waals surface area contributed by atoms with E-state index in [0.717, 1.165) is 0 Å². The lowest BCUT2D eigenvalue weighted by molar-refractivity contribution is -0.153. The van der Waals surface area contributed by atoms with Crippen LogP contribution in [0.5, 0.6) is 0 Å². The molecule has 0 bridgehead atoms. The highest BCUT2D eigenvalue weighted by molar-refractivity contribution is 7.89. The fourth-order valence-electron chi connectivity index (χ4n) is 3.17. The third kappa shape index (κ3) is 4.30. The Hall–Kier alpha value is -3.24. The van der Waals surface area contributed by atoms with Crippen molar-refractivity contribution < 1.29 is 26.0 Å². The van der Waals surface area contributed by atoms with Crippen LogP contribution < -0.4 is 4.72 Å². The normalized spacial score (nSPS) is 13.4. The number of aromatic nitrogens is 2. The first-order chi connectivity index (χ1) is 14.6. The standard InChI is InChI=1S/C21H15F4N3O2S/c22-16-7-9-17(10-8-16)28-19-11-6-14(12-15(19)13-26-28)20(21(23,24)25)27-31(29,30)18-4-2-1-3-5-18/h1-13,20,27H. The van der Waals surface area contributed by atoms with Gasteiger partial charge in [0.15, 0.2) is 0 Å². The fourth-order valence-corrected chi connectivity index (χ4v) is 4.40. The average molecular weight is 449 g/mol. The Balaban J connectivity index is 1.73. The van der Waals surface area contributed by atoms with Crippen LogP contribution in [0.3, 0.4) is 0 Å². The predicted molar refractivity (Wildman–Crippen MR) is 107 cm³/mol. The molecule has 0 radical (unpaired) electrons. The van der Waals surface area contributed by atoms with Crippen LogP contribution in [0.2, 0.25) is 0 Å². The number of hydrogen-bond donors (Lipinski definition) is 1. The van der Waals surface area contributed by atoms with E-state index in [1.807, 2.05) is 0 Å². The first-order valence-corrected chi connectivity index (χ1v) is 10.5. The lowest BCUT2D eigenvalue weighted by Gasteiger charge is -2.22. The number of hydrogen-bond acceptors (Lipinski definition) is 3. The summed E-state index contributed by atoms with van der Waals surface area (Å²) in [6.45, 7) is 0. The van der Waals surface area contributed by atoms with Crippen molar-refractivity contribution >= 4 is 20.9 Å². The van der Waals surface area contributed by atoms with Crippen molar-refractivity contribution in [3.05, 3.63) is 90.4 Å². The van der Waals surface area contributed by atoms with Gasteiger partial charge in [0.2, 0.25) is 10.0 Å². The Labute approximate surface area is 175 Å². The summed E-state index contributed by atoms with van der Waals surface area (Å²) in [5, 5.41) is 4.52. The summed E-state index contributed by atoms with van der Waals surface area (Å²) < 4.78 is 82.7. The molecular formula is C21H15F4N3O2S. The molecule has 1 N–H and O–H groups in total. The number of sulfonamides is 1. The van der Waals surface area contributed by atoms with E-state index in [9.17, 15) is 26.0 Å². The molecule has 0 saturated carbocycles. The fraction of sp³-hybridized carbons (Fsp3) is 0.0952. The Bertz CT molecular complexity index is 1320. The molecule has 1 heterocycles. The Kier molecular flexibility index (Phi) is 5.28. The van der Waals surface area contributed by atoms with Gasteiger partial charge in [-0.2, -0.15) is 23.0 Å². The first-order valence-electron chi connectivity index (χ1n) is 9.03. The summed E-state index contributed by atoms with van der Waals surface area (Å²) in [6.07, 6.45) is -3.51. The minimum atomic E-state index is -4.87. The maximum Gasteiger partial charge on any atom is 0.408 e. The molecular weight excluding hydrogens is 434 g/mol. The van der Waals surface area contributed by atoms with E-state index in [2.05, 4.69) is 5.10 Å². The SMILES string of the molecule is O=S(=O)(NC(c1ccc2c(cnn2-c2ccc(F)cc2)c1)C(F)(F)F)c1ccccc1. The van der Waals surface area contributed by atoms with Crippen molar-refractivity contribution in [2.24, 2.45) is 0 Å². The largest absolute Gasteiger partial charge is 0.408 e. The second-order valence-corrected chi connectivity index (χ2v) is 8.47. The van der Waals surface area contributed by atoms with Crippen molar-refractivity contribution in [2.75, 3.05) is 0 Å². The van der Waals surface area contributed by atoms with Crippen LogP contribution in [0.25, 0.3) is 16.6 Å². The maximum atomic E-state index is 13.8. The van der Waals surface area contributed by atoms with Crippen LogP contribution in [0.15, 0.2) is 83.9 Å². The molecule has 4 aromatic rings. The summed E-state index contributed by atoms with van der Waals surface area (Å²) in [5.74, 6) is -0.429. The number of nitrogens with zero attached hydrogens (tertiary/aromatic N) is 2. The van der Waals surface area contributed by atoms with Gasteiger partial charge in [0.25, 0.3) is 0 Å². The van der Waals surface area contributed by atoms with Crippen LogP contribution in [-0.2, 0) is 10.0 Å². The van der Waals surface area contributed by atoms with E-state index in [0.29, 0.717) is 16.6 Å². The summed E-state index contributed by atoms with van der Waals surface area (Å²) in [7, 11) is -4.41. The topological polar surface area (TPSA) is 64.0 Å². The van der Waals surface area contributed by atoms with Crippen molar-refractivity contribution in [1.82, 2.24) is 14.5 Å². The van der Waals surface area contributed by atoms with E-state index in [1.54, 1.807) is 10.8 Å².